The maximum Gasteiger partial charge on any atom is 0.411 e. The number of carboxylic acid groups (broad SMARTS) is 1. The van der Waals surface area contributed by atoms with Crippen molar-refractivity contribution in [3.63, 3.8) is 0 Å². The third-order valence-electron chi connectivity index (χ3n) is 4.23. The number of nitrogens with two attached hydrogens (primary N) is 1. The lowest BCUT2D eigenvalue weighted by atomic mass is 10.1. The first kappa shape index (κ1) is 20.5. The highest BCUT2D eigenvalue weighted by atomic mass is 16.6. The first-order valence-electron chi connectivity index (χ1n) is 9.06. The van der Waals surface area contributed by atoms with Crippen LogP contribution in [0.2, 0.25) is 0 Å². The van der Waals surface area contributed by atoms with E-state index in [0.717, 1.165) is 11.1 Å². The summed E-state index contributed by atoms with van der Waals surface area (Å²) in [7, 11) is 0. The van der Waals surface area contributed by atoms with Crippen LogP contribution in [-0.4, -0.2) is 34.7 Å². The lowest BCUT2D eigenvalue weighted by molar-refractivity contribution is -0.143. The molecule has 2 aromatic rings. The molecule has 0 heterocycles. The molecular formula is C21H26N2O4. The van der Waals surface area contributed by atoms with Gasteiger partial charge in [-0.1, -0.05) is 60.7 Å². The fraction of sp³-hybridized carbons (Fsp3) is 0.333. The lowest BCUT2D eigenvalue weighted by Gasteiger charge is -2.28. The van der Waals surface area contributed by atoms with E-state index in [1.165, 1.54) is 4.90 Å². The van der Waals surface area contributed by atoms with E-state index in [9.17, 15) is 14.7 Å². The van der Waals surface area contributed by atoms with E-state index in [0.29, 0.717) is 25.8 Å². The third-order valence-corrected chi connectivity index (χ3v) is 4.23. The van der Waals surface area contributed by atoms with Crippen molar-refractivity contribution >= 4 is 12.1 Å². The van der Waals surface area contributed by atoms with Crippen LogP contribution in [0.4, 0.5) is 4.79 Å². The summed E-state index contributed by atoms with van der Waals surface area (Å²) in [6.45, 7) is 0.762. The van der Waals surface area contributed by atoms with Crippen molar-refractivity contribution in [3.05, 3.63) is 71.8 Å². The van der Waals surface area contributed by atoms with Gasteiger partial charge in [-0.2, -0.15) is 0 Å². The van der Waals surface area contributed by atoms with E-state index in [1.807, 2.05) is 60.7 Å². The van der Waals surface area contributed by atoms with Crippen LogP contribution >= 0.6 is 0 Å². The van der Waals surface area contributed by atoms with Crippen molar-refractivity contribution in [2.75, 3.05) is 6.54 Å². The van der Waals surface area contributed by atoms with Crippen LogP contribution in [-0.2, 0) is 22.7 Å². The van der Waals surface area contributed by atoms with Crippen molar-refractivity contribution in [1.82, 2.24) is 4.90 Å². The van der Waals surface area contributed by atoms with Crippen LogP contribution in [0, 0.1) is 0 Å². The molecule has 1 unspecified atom stereocenters. The Balaban J connectivity index is 2.13. The van der Waals surface area contributed by atoms with Gasteiger partial charge in [-0.05, 0) is 36.9 Å². The zero-order valence-electron chi connectivity index (χ0n) is 15.3. The predicted molar refractivity (Wildman–Crippen MR) is 103 cm³/mol. The minimum absolute atomic E-state index is 0.0973. The summed E-state index contributed by atoms with van der Waals surface area (Å²) in [5, 5.41) is 9.67. The van der Waals surface area contributed by atoms with Crippen molar-refractivity contribution in [2.24, 2.45) is 5.73 Å². The number of rotatable bonds is 10. The second-order valence-corrected chi connectivity index (χ2v) is 6.29. The number of hydrogen-bond acceptors (Lipinski definition) is 4. The molecular weight excluding hydrogens is 344 g/mol. The van der Waals surface area contributed by atoms with Crippen LogP contribution in [0.15, 0.2) is 60.7 Å². The SMILES string of the molecule is NCCCCC(C(=O)O)N(Cc1ccccc1)C(=O)OCc1ccccc1. The molecule has 144 valence electrons. The molecule has 0 bridgehead atoms. The fourth-order valence-corrected chi connectivity index (χ4v) is 2.78. The number of ether oxygens (including phenoxy) is 1. The molecule has 0 aliphatic rings. The summed E-state index contributed by atoms with van der Waals surface area (Å²) < 4.78 is 5.40. The molecule has 2 aromatic carbocycles. The molecule has 0 aliphatic carbocycles. The Kier molecular flexibility index (Phi) is 8.32. The molecule has 0 spiro atoms. The number of hydrogen-bond donors (Lipinski definition) is 2. The molecule has 0 aliphatic heterocycles. The van der Waals surface area contributed by atoms with Gasteiger partial charge >= 0.3 is 12.1 Å². The summed E-state index contributed by atoms with van der Waals surface area (Å²) in [4.78, 5) is 25.8. The van der Waals surface area contributed by atoms with Crippen LogP contribution in [0.5, 0.6) is 0 Å². The minimum atomic E-state index is -1.04. The molecule has 6 nitrogen and oxygen atoms in total. The summed E-state index contributed by atoms with van der Waals surface area (Å²) in [5.41, 5.74) is 7.20. The molecule has 0 saturated carbocycles. The Labute approximate surface area is 159 Å². The molecule has 0 saturated heterocycles. The summed E-state index contributed by atoms with van der Waals surface area (Å²) in [5.74, 6) is -1.04. The average molecular weight is 370 g/mol. The zero-order chi connectivity index (χ0) is 19.5. The second-order valence-electron chi connectivity index (χ2n) is 6.29. The highest BCUT2D eigenvalue weighted by Crippen LogP contribution is 2.16. The van der Waals surface area contributed by atoms with Crippen LogP contribution in [0.25, 0.3) is 0 Å². The first-order chi connectivity index (χ1) is 13.1. The van der Waals surface area contributed by atoms with E-state index in [1.54, 1.807) is 0 Å². The Bertz CT molecular complexity index is 707. The first-order valence-corrected chi connectivity index (χ1v) is 9.06. The molecule has 2 rings (SSSR count). The number of carbonyl (C=O) groups excluding carboxylic acids is 1. The van der Waals surface area contributed by atoms with Gasteiger partial charge in [-0.3, -0.25) is 4.90 Å². The highest BCUT2D eigenvalue weighted by molar-refractivity contribution is 5.80. The zero-order valence-corrected chi connectivity index (χ0v) is 15.3. The van der Waals surface area contributed by atoms with Crippen LogP contribution < -0.4 is 5.73 Å². The molecule has 6 heteroatoms. The fourth-order valence-electron chi connectivity index (χ4n) is 2.78. The quantitative estimate of drug-likeness (QED) is 0.625. The van der Waals surface area contributed by atoms with Crippen LogP contribution in [0.1, 0.15) is 30.4 Å². The van der Waals surface area contributed by atoms with Gasteiger partial charge in [-0.25, -0.2) is 9.59 Å². The van der Waals surface area contributed by atoms with Gasteiger partial charge in [-0.15, -0.1) is 0 Å². The molecule has 1 amide bonds. The van der Waals surface area contributed by atoms with Gasteiger partial charge in [0.15, 0.2) is 0 Å². The van der Waals surface area contributed by atoms with Gasteiger partial charge in [0.25, 0.3) is 0 Å². The topological polar surface area (TPSA) is 92.9 Å². The Morgan fingerprint density at radius 1 is 0.963 bits per heavy atom. The van der Waals surface area contributed by atoms with Gasteiger partial charge < -0.3 is 15.6 Å². The number of amides is 1. The van der Waals surface area contributed by atoms with E-state index in [4.69, 9.17) is 10.5 Å². The average Bonchev–Trinajstić information content (AvgIpc) is 2.69. The van der Waals surface area contributed by atoms with Gasteiger partial charge in [0.2, 0.25) is 0 Å². The Morgan fingerprint density at radius 3 is 2.11 bits per heavy atom. The maximum absolute atomic E-state index is 12.7. The highest BCUT2D eigenvalue weighted by Gasteiger charge is 2.30. The van der Waals surface area contributed by atoms with Crippen LogP contribution in [0.3, 0.4) is 0 Å². The summed E-state index contributed by atoms with van der Waals surface area (Å²) in [6.07, 6.45) is 1.04. The normalized spacial score (nSPS) is 11.6. The monoisotopic (exact) mass is 370 g/mol. The number of nitrogens with zero attached hydrogens (tertiary/aromatic N) is 1. The molecule has 3 N–H and O–H groups in total. The Morgan fingerprint density at radius 2 is 1.56 bits per heavy atom. The summed E-state index contributed by atoms with van der Waals surface area (Å²) in [6, 6.07) is 17.6. The molecule has 0 fully saturated rings. The standard InChI is InChI=1S/C21H26N2O4/c22-14-8-7-13-19(20(24)25)23(15-17-9-3-1-4-10-17)21(26)27-16-18-11-5-2-6-12-18/h1-6,9-12,19H,7-8,13-16,22H2,(H,24,25). The number of benzene rings is 2. The largest absolute Gasteiger partial charge is 0.480 e. The van der Waals surface area contributed by atoms with Gasteiger partial charge in [0.1, 0.15) is 12.6 Å². The number of unbranched alkanes of at least 4 members (excludes halogenated alkanes) is 1. The molecule has 0 radical (unpaired) electrons. The minimum Gasteiger partial charge on any atom is -0.480 e. The van der Waals surface area contributed by atoms with E-state index in [2.05, 4.69) is 0 Å². The molecule has 1 atom stereocenters. The number of aliphatic carboxylic acids is 1. The summed E-state index contributed by atoms with van der Waals surface area (Å²) >= 11 is 0. The van der Waals surface area contributed by atoms with E-state index in [-0.39, 0.29) is 13.2 Å². The molecule has 27 heavy (non-hydrogen) atoms. The number of carbonyl (C=O) groups is 2. The van der Waals surface area contributed by atoms with Gasteiger partial charge in [0.05, 0.1) is 0 Å². The molecule has 0 aromatic heterocycles. The van der Waals surface area contributed by atoms with E-state index >= 15 is 0 Å². The lowest BCUT2D eigenvalue weighted by Crippen LogP contribution is -2.45. The Hall–Kier alpha value is -2.86. The smallest absolute Gasteiger partial charge is 0.411 e. The van der Waals surface area contributed by atoms with E-state index < -0.39 is 18.1 Å². The van der Waals surface area contributed by atoms with Crippen molar-refractivity contribution in [3.8, 4) is 0 Å². The number of carboxylic acids is 1. The van der Waals surface area contributed by atoms with Crippen molar-refractivity contribution in [2.45, 2.75) is 38.5 Å². The van der Waals surface area contributed by atoms with Crippen molar-refractivity contribution in [1.29, 1.82) is 0 Å². The van der Waals surface area contributed by atoms with Crippen molar-refractivity contribution < 1.29 is 19.4 Å². The third kappa shape index (κ3) is 6.75. The maximum atomic E-state index is 12.7. The predicted octanol–water partition coefficient (Wildman–Crippen LogP) is 3.41. The van der Waals surface area contributed by atoms with Gasteiger partial charge in [0, 0.05) is 6.54 Å². The second kappa shape index (κ2) is 11.0.